The molecule has 27 heavy (non-hydrogen) atoms. The number of rotatable bonds is 2. The minimum absolute atomic E-state index is 0.000957. The van der Waals surface area contributed by atoms with E-state index in [0.717, 1.165) is 6.20 Å². The summed E-state index contributed by atoms with van der Waals surface area (Å²) in [6.45, 7) is 1.68. The van der Waals surface area contributed by atoms with Gasteiger partial charge in [0.1, 0.15) is 22.8 Å². The highest BCUT2D eigenvalue weighted by molar-refractivity contribution is 6.32. The summed E-state index contributed by atoms with van der Waals surface area (Å²) in [5.74, 6) is -1.16. The van der Waals surface area contributed by atoms with Crippen LogP contribution < -0.4 is 11.5 Å². The number of fused-ring (bicyclic) bond motifs is 1. The van der Waals surface area contributed by atoms with Gasteiger partial charge in [0.15, 0.2) is 5.82 Å². The molecule has 136 valence electrons. The molecule has 4 aromatic rings. The van der Waals surface area contributed by atoms with E-state index in [-0.39, 0.29) is 28.0 Å². The maximum absolute atomic E-state index is 14.3. The van der Waals surface area contributed by atoms with Gasteiger partial charge in [0.2, 0.25) is 5.95 Å². The summed E-state index contributed by atoms with van der Waals surface area (Å²) in [4.78, 5) is 12.1. The van der Waals surface area contributed by atoms with Crippen LogP contribution in [-0.2, 0) is 0 Å². The van der Waals surface area contributed by atoms with Crippen LogP contribution in [0.25, 0.3) is 27.8 Å². The number of nitrogen functional groups attached to an aromatic ring is 2. The zero-order chi connectivity index (χ0) is 19.3. The van der Waals surface area contributed by atoms with E-state index in [1.165, 1.54) is 29.1 Å². The van der Waals surface area contributed by atoms with Crippen LogP contribution in [0.2, 0.25) is 5.02 Å². The predicted molar refractivity (Wildman–Crippen MR) is 98.4 cm³/mol. The first kappa shape index (κ1) is 17.1. The molecule has 0 aliphatic heterocycles. The molecule has 10 heteroatoms. The maximum atomic E-state index is 14.3. The topological polar surface area (TPSA) is 109 Å². The molecule has 3 aromatic heterocycles. The first-order valence-electron chi connectivity index (χ1n) is 7.75. The zero-order valence-electron chi connectivity index (χ0n) is 13.9. The zero-order valence-corrected chi connectivity index (χ0v) is 14.7. The van der Waals surface area contributed by atoms with Crippen LogP contribution in [0.3, 0.4) is 0 Å². The van der Waals surface area contributed by atoms with Crippen LogP contribution in [0.15, 0.2) is 30.6 Å². The van der Waals surface area contributed by atoms with Gasteiger partial charge in [-0.1, -0.05) is 17.7 Å². The molecule has 0 saturated heterocycles. The van der Waals surface area contributed by atoms with Crippen LogP contribution in [0.5, 0.6) is 0 Å². The van der Waals surface area contributed by atoms with E-state index in [4.69, 9.17) is 23.1 Å². The number of nitrogens with two attached hydrogens (primary N) is 2. The largest absolute Gasteiger partial charge is 0.383 e. The number of pyridine rings is 1. The lowest BCUT2D eigenvalue weighted by Gasteiger charge is -2.09. The second kappa shape index (κ2) is 6.13. The van der Waals surface area contributed by atoms with E-state index < -0.39 is 11.6 Å². The summed E-state index contributed by atoms with van der Waals surface area (Å²) in [5.41, 5.74) is 12.7. The highest BCUT2D eigenvalue weighted by Gasteiger charge is 2.20. The Kier molecular flexibility index (Phi) is 3.88. The van der Waals surface area contributed by atoms with Crippen LogP contribution in [0.1, 0.15) is 5.69 Å². The summed E-state index contributed by atoms with van der Waals surface area (Å²) in [5, 5.41) is 4.57. The summed E-state index contributed by atoms with van der Waals surface area (Å²) >= 11 is 6.09. The molecule has 7 nitrogen and oxygen atoms in total. The third-order valence-corrected chi connectivity index (χ3v) is 4.35. The Labute approximate surface area is 156 Å². The molecule has 0 atom stereocenters. The molecule has 0 aliphatic carbocycles. The van der Waals surface area contributed by atoms with Gasteiger partial charge in [-0.3, -0.25) is 4.98 Å². The lowest BCUT2D eigenvalue weighted by molar-refractivity contribution is 0.608. The minimum atomic E-state index is -0.674. The number of hydrogen-bond acceptors (Lipinski definition) is 6. The van der Waals surface area contributed by atoms with Crippen molar-refractivity contribution in [2.24, 2.45) is 0 Å². The molecule has 0 aliphatic rings. The Morgan fingerprint density at radius 2 is 1.89 bits per heavy atom. The molecule has 0 spiro atoms. The van der Waals surface area contributed by atoms with Gasteiger partial charge < -0.3 is 11.5 Å². The number of hydrogen-bond donors (Lipinski definition) is 2. The summed E-state index contributed by atoms with van der Waals surface area (Å²) in [6, 6.07) is 4.21. The van der Waals surface area contributed by atoms with Crippen molar-refractivity contribution in [1.82, 2.24) is 24.7 Å². The molecule has 0 saturated carbocycles. The van der Waals surface area contributed by atoms with E-state index in [1.54, 1.807) is 6.92 Å². The van der Waals surface area contributed by atoms with Crippen molar-refractivity contribution >= 4 is 34.3 Å². The fraction of sp³-hybridized carbons (Fsp3) is 0.0588. The van der Waals surface area contributed by atoms with Gasteiger partial charge in [-0.25, -0.2) is 18.4 Å². The van der Waals surface area contributed by atoms with Gasteiger partial charge in [0.25, 0.3) is 0 Å². The lowest BCUT2D eigenvalue weighted by atomic mass is 10.1. The second-order valence-electron chi connectivity index (χ2n) is 5.79. The third kappa shape index (κ3) is 2.72. The molecule has 3 heterocycles. The van der Waals surface area contributed by atoms with E-state index in [2.05, 4.69) is 20.1 Å². The SMILES string of the molecule is Cc1nc(N)nc(N)c1-c1ncc(F)c2nn(-c3c(F)cccc3Cl)cc12. The first-order chi connectivity index (χ1) is 12.9. The fourth-order valence-electron chi connectivity index (χ4n) is 2.91. The molecule has 0 bridgehead atoms. The van der Waals surface area contributed by atoms with Crippen LogP contribution in [-0.4, -0.2) is 24.7 Å². The number of aromatic nitrogens is 5. The standard InChI is InChI=1S/C17H12ClF2N7/c1-7-12(16(21)25-17(22)24-7)14-8-6-27(26-13(8)11(20)5-23-14)15-9(18)3-2-4-10(15)19/h2-6H,1H3,(H4,21,22,24,25). The maximum Gasteiger partial charge on any atom is 0.222 e. The number of anilines is 2. The molecule has 0 fully saturated rings. The second-order valence-corrected chi connectivity index (χ2v) is 6.20. The van der Waals surface area contributed by atoms with E-state index in [1.807, 2.05) is 0 Å². The van der Waals surface area contributed by atoms with Gasteiger partial charge >= 0.3 is 0 Å². The van der Waals surface area contributed by atoms with Crippen molar-refractivity contribution in [3.8, 4) is 16.9 Å². The average molecular weight is 388 g/mol. The third-order valence-electron chi connectivity index (χ3n) is 4.04. The van der Waals surface area contributed by atoms with Crippen LogP contribution in [0, 0.1) is 18.6 Å². The van der Waals surface area contributed by atoms with Gasteiger partial charge in [-0.05, 0) is 19.1 Å². The van der Waals surface area contributed by atoms with Crippen molar-refractivity contribution in [1.29, 1.82) is 0 Å². The van der Waals surface area contributed by atoms with E-state index >= 15 is 0 Å². The quantitative estimate of drug-likeness (QED) is 0.546. The Balaban J connectivity index is 2.03. The number of benzene rings is 1. The molecule has 0 amide bonds. The summed E-state index contributed by atoms with van der Waals surface area (Å²) in [7, 11) is 0. The Morgan fingerprint density at radius 3 is 2.59 bits per heavy atom. The number of nitrogens with zero attached hydrogens (tertiary/aromatic N) is 5. The van der Waals surface area contributed by atoms with Crippen molar-refractivity contribution < 1.29 is 8.78 Å². The number of para-hydroxylation sites is 1. The average Bonchev–Trinajstić information content (AvgIpc) is 3.01. The molecule has 4 rings (SSSR count). The predicted octanol–water partition coefficient (Wildman–Crippen LogP) is 3.28. The Hall–Kier alpha value is -3.33. The minimum Gasteiger partial charge on any atom is -0.383 e. The molecule has 1 aromatic carbocycles. The van der Waals surface area contributed by atoms with E-state index in [9.17, 15) is 8.78 Å². The van der Waals surface area contributed by atoms with Crippen LogP contribution >= 0.6 is 11.6 Å². The Morgan fingerprint density at radius 1 is 1.11 bits per heavy atom. The molecule has 0 unspecified atom stereocenters. The highest BCUT2D eigenvalue weighted by Crippen LogP contribution is 2.34. The highest BCUT2D eigenvalue weighted by atomic mass is 35.5. The van der Waals surface area contributed by atoms with E-state index in [0.29, 0.717) is 22.3 Å². The fourth-order valence-corrected chi connectivity index (χ4v) is 3.16. The van der Waals surface area contributed by atoms with Gasteiger partial charge in [-0.15, -0.1) is 0 Å². The van der Waals surface area contributed by atoms with Crippen molar-refractivity contribution in [2.45, 2.75) is 6.92 Å². The summed E-state index contributed by atoms with van der Waals surface area (Å²) in [6.07, 6.45) is 2.44. The molecular weight excluding hydrogens is 376 g/mol. The monoisotopic (exact) mass is 387 g/mol. The van der Waals surface area contributed by atoms with Crippen molar-refractivity contribution in [3.05, 3.63) is 52.9 Å². The van der Waals surface area contributed by atoms with Gasteiger partial charge in [0.05, 0.1) is 28.2 Å². The van der Waals surface area contributed by atoms with Crippen LogP contribution in [0.4, 0.5) is 20.5 Å². The molecule has 0 radical (unpaired) electrons. The lowest BCUT2D eigenvalue weighted by Crippen LogP contribution is -2.05. The molecule has 4 N–H and O–H groups in total. The number of aryl methyl sites for hydroxylation is 1. The Bertz CT molecular complexity index is 1160. The number of halogens is 3. The summed E-state index contributed by atoms with van der Waals surface area (Å²) < 4.78 is 29.7. The van der Waals surface area contributed by atoms with Crippen molar-refractivity contribution in [3.63, 3.8) is 0 Å². The van der Waals surface area contributed by atoms with Crippen molar-refractivity contribution in [2.75, 3.05) is 11.5 Å². The smallest absolute Gasteiger partial charge is 0.222 e. The van der Waals surface area contributed by atoms with Gasteiger partial charge in [-0.2, -0.15) is 10.1 Å². The first-order valence-corrected chi connectivity index (χ1v) is 8.13. The normalized spacial score (nSPS) is 11.3. The molecular formula is C17H12ClF2N7. The van der Waals surface area contributed by atoms with Gasteiger partial charge in [0, 0.05) is 11.6 Å².